The van der Waals surface area contributed by atoms with Gasteiger partial charge < -0.3 is 9.47 Å². The van der Waals surface area contributed by atoms with Gasteiger partial charge in [0.2, 0.25) is 10.0 Å². The minimum absolute atomic E-state index is 0.0475. The maximum Gasteiger partial charge on any atom is 0.221 e. The van der Waals surface area contributed by atoms with E-state index in [1.807, 2.05) is 43.3 Å². The fourth-order valence-electron chi connectivity index (χ4n) is 5.79. The normalized spacial score (nSPS) is 26.7. The highest BCUT2D eigenvalue weighted by atomic mass is 32.2. The van der Waals surface area contributed by atoms with Crippen LogP contribution in [0.5, 0.6) is 0 Å². The highest BCUT2D eigenvalue weighted by molar-refractivity contribution is 7.89. The minimum Gasteiger partial charge on any atom is -0.368 e. The number of rotatable bonds is 6. The molecule has 3 aromatic rings. The number of benzene rings is 2. The molecule has 5 rings (SSSR count). The summed E-state index contributed by atoms with van der Waals surface area (Å²) in [5, 5.41) is 7.28. The second kappa shape index (κ2) is 10.3. The molecular weight excluding hydrogens is 477 g/mol. The quantitative estimate of drug-likeness (QED) is 0.461. The zero-order valence-electron chi connectivity index (χ0n) is 20.9. The van der Waals surface area contributed by atoms with Crippen molar-refractivity contribution in [3.8, 4) is 0 Å². The summed E-state index contributed by atoms with van der Waals surface area (Å²) in [5.41, 5.74) is 2.06. The Hall–Kier alpha value is -2.78. The number of nitrogens with zero attached hydrogens (tertiary/aromatic N) is 5. The van der Waals surface area contributed by atoms with E-state index in [2.05, 4.69) is 26.6 Å². The van der Waals surface area contributed by atoms with Gasteiger partial charge in [-0.3, -0.25) is 0 Å². The molecule has 3 heterocycles. The van der Waals surface area contributed by atoms with E-state index in [0.717, 1.165) is 43.5 Å². The third-order valence-corrected chi connectivity index (χ3v) is 10.3. The number of sulfonamides is 1. The Labute approximate surface area is 213 Å². The largest absolute Gasteiger partial charge is 0.368 e. The van der Waals surface area contributed by atoms with Crippen molar-refractivity contribution in [3.63, 3.8) is 0 Å². The Bertz CT molecular complexity index is 1270. The van der Waals surface area contributed by atoms with E-state index in [4.69, 9.17) is 0 Å². The van der Waals surface area contributed by atoms with Gasteiger partial charge in [-0.1, -0.05) is 43.3 Å². The molecule has 4 atom stereocenters. The molecule has 0 N–H and O–H groups in total. The molecule has 9 heteroatoms. The topological polar surface area (TPSA) is 71.3 Å². The highest BCUT2D eigenvalue weighted by Gasteiger charge is 2.40. The van der Waals surface area contributed by atoms with Gasteiger partial charge >= 0.3 is 0 Å². The van der Waals surface area contributed by atoms with Crippen LogP contribution in [0.15, 0.2) is 61.2 Å². The van der Waals surface area contributed by atoms with Crippen LogP contribution in [0, 0.1) is 5.82 Å². The molecule has 0 spiro atoms. The van der Waals surface area contributed by atoms with Crippen molar-refractivity contribution < 1.29 is 12.8 Å². The molecule has 0 aliphatic carbocycles. The van der Waals surface area contributed by atoms with Gasteiger partial charge in [-0.05, 0) is 56.7 Å². The van der Waals surface area contributed by atoms with Gasteiger partial charge in [0, 0.05) is 42.5 Å². The first-order valence-electron chi connectivity index (χ1n) is 12.8. The summed E-state index contributed by atoms with van der Waals surface area (Å²) in [6, 6.07) is 15.1. The number of piperidine rings is 1. The third kappa shape index (κ3) is 4.78. The Balaban J connectivity index is 1.34. The summed E-state index contributed by atoms with van der Waals surface area (Å²) in [7, 11) is -3.61. The summed E-state index contributed by atoms with van der Waals surface area (Å²) in [5.74, 6) is -0.354. The van der Waals surface area contributed by atoms with Crippen LogP contribution >= 0.6 is 0 Å². The lowest BCUT2D eigenvalue weighted by Crippen LogP contribution is -2.45. The van der Waals surface area contributed by atoms with E-state index in [1.54, 1.807) is 24.8 Å². The molecule has 2 aliphatic heterocycles. The molecule has 1 unspecified atom stereocenters. The monoisotopic (exact) mass is 511 g/mol. The zero-order valence-corrected chi connectivity index (χ0v) is 21.7. The van der Waals surface area contributed by atoms with Gasteiger partial charge in [0.05, 0.1) is 0 Å². The van der Waals surface area contributed by atoms with Gasteiger partial charge in [-0.25, -0.2) is 12.8 Å². The molecule has 2 saturated heterocycles. The Kier molecular flexibility index (Phi) is 7.12. The number of anilines is 1. The van der Waals surface area contributed by atoms with Crippen LogP contribution < -0.4 is 4.90 Å². The predicted octanol–water partition coefficient (Wildman–Crippen LogP) is 5.09. The lowest BCUT2D eigenvalue weighted by Gasteiger charge is -2.41. The standard InChI is InChI=1S/C27H34FN5O2S/c1-3-23-15-24(31-18-29-30-19-31)13-14-32(23)25-11-10-22(26(28)16-25)17-33-20(2)9-12-27(36(33,34)35)21-7-5-4-6-8-21/h4-8,10-11,16,18-20,23-24,27H,3,9,12-15,17H2,1-2H3/t20-,23-,24?,27+/m0/s1. The molecule has 0 amide bonds. The maximum absolute atomic E-state index is 15.4. The van der Waals surface area contributed by atoms with E-state index >= 15 is 4.39 Å². The van der Waals surface area contributed by atoms with Crippen molar-refractivity contribution in [2.24, 2.45) is 0 Å². The van der Waals surface area contributed by atoms with E-state index in [9.17, 15) is 8.42 Å². The summed E-state index contributed by atoms with van der Waals surface area (Å²) >= 11 is 0. The summed E-state index contributed by atoms with van der Waals surface area (Å²) < 4.78 is 46.1. The molecule has 2 aromatic carbocycles. The first-order chi connectivity index (χ1) is 17.4. The lowest BCUT2D eigenvalue weighted by atomic mass is 9.94. The van der Waals surface area contributed by atoms with Gasteiger partial charge in [-0.15, -0.1) is 10.2 Å². The Morgan fingerprint density at radius 2 is 1.78 bits per heavy atom. The average Bonchev–Trinajstić information content (AvgIpc) is 3.42. The molecular formula is C27H34FN5O2S. The van der Waals surface area contributed by atoms with Crippen molar-refractivity contribution in [2.75, 3.05) is 11.4 Å². The minimum atomic E-state index is -3.61. The number of halogens is 1. The molecule has 192 valence electrons. The number of aromatic nitrogens is 3. The van der Waals surface area contributed by atoms with Crippen molar-refractivity contribution in [1.82, 2.24) is 19.1 Å². The Morgan fingerprint density at radius 3 is 2.47 bits per heavy atom. The predicted molar refractivity (Wildman–Crippen MR) is 138 cm³/mol. The average molecular weight is 512 g/mol. The fraction of sp³-hybridized carbons (Fsp3) is 0.481. The van der Waals surface area contributed by atoms with Crippen LogP contribution in [-0.4, -0.2) is 46.1 Å². The highest BCUT2D eigenvalue weighted by Crippen LogP contribution is 2.39. The van der Waals surface area contributed by atoms with Crippen molar-refractivity contribution in [2.45, 2.75) is 75.9 Å². The van der Waals surface area contributed by atoms with Crippen LogP contribution in [0.4, 0.5) is 10.1 Å². The maximum atomic E-state index is 15.4. The van der Waals surface area contributed by atoms with Gasteiger partial charge in [-0.2, -0.15) is 4.31 Å². The van der Waals surface area contributed by atoms with Crippen LogP contribution in [0.1, 0.15) is 68.4 Å². The molecule has 7 nitrogen and oxygen atoms in total. The van der Waals surface area contributed by atoms with E-state index in [0.29, 0.717) is 18.0 Å². The second-order valence-electron chi connectivity index (χ2n) is 10.0. The molecule has 2 aliphatic rings. The molecule has 0 radical (unpaired) electrons. The van der Waals surface area contributed by atoms with Gasteiger partial charge in [0.15, 0.2) is 0 Å². The van der Waals surface area contributed by atoms with Crippen molar-refractivity contribution in [1.29, 1.82) is 0 Å². The second-order valence-corrected chi connectivity index (χ2v) is 12.1. The van der Waals surface area contributed by atoms with Gasteiger partial charge in [0.1, 0.15) is 23.7 Å². The summed E-state index contributed by atoms with van der Waals surface area (Å²) in [6.07, 6.45) is 7.68. The molecule has 2 fully saturated rings. The molecule has 36 heavy (non-hydrogen) atoms. The van der Waals surface area contributed by atoms with Crippen LogP contribution in [0.25, 0.3) is 0 Å². The van der Waals surface area contributed by atoms with E-state index in [-0.39, 0.29) is 24.4 Å². The van der Waals surface area contributed by atoms with Crippen LogP contribution in [0.3, 0.4) is 0 Å². The van der Waals surface area contributed by atoms with Crippen molar-refractivity contribution >= 4 is 15.7 Å². The lowest BCUT2D eigenvalue weighted by molar-refractivity contribution is 0.279. The molecule has 0 bridgehead atoms. The third-order valence-electron chi connectivity index (χ3n) is 7.91. The smallest absolute Gasteiger partial charge is 0.221 e. The zero-order chi connectivity index (χ0) is 25.3. The summed E-state index contributed by atoms with van der Waals surface area (Å²) in [4.78, 5) is 2.28. The number of hydrogen-bond acceptors (Lipinski definition) is 5. The Morgan fingerprint density at radius 1 is 1.03 bits per heavy atom. The van der Waals surface area contributed by atoms with Crippen LogP contribution in [-0.2, 0) is 16.6 Å². The SMILES string of the molecule is CC[C@H]1CC(n2cnnc2)CCN1c1ccc(CN2[C@@H](C)CC[C@H](c3ccccc3)S2(=O)=O)c(F)c1. The number of hydrogen-bond donors (Lipinski definition) is 0. The van der Waals surface area contributed by atoms with Crippen LogP contribution in [0.2, 0.25) is 0 Å². The van der Waals surface area contributed by atoms with Gasteiger partial charge in [0.25, 0.3) is 0 Å². The molecule has 1 aromatic heterocycles. The van der Waals surface area contributed by atoms with Crippen molar-refractivity contribution in [3.05, 3.63) is 78.1 Å². The fourth-order valence-corrected chi connectivity index (χ4v) is 7.98. The molecule has 0 saturated carbocycles. The van der Waals surface area contributed by atoms with E-state index in [1.165, 1.54) is 4.31 Å². The first kappa shape index (κ1) is 24.9. The first-order valence-corrected chi connectivity index (χ1v) is 14.3. The summed E-state index contributed by atoms with van der Waals surface area (Å²) in [6.45, 7) is 4.93. The van der Waals surface area contributed by atoms with E-state index < -0.39 is 15.3 Å².